The maximum absolute atomic E-state index is 12.4. The Morgan fingerprint density at radius 3 is 2.58 bits per heavy atom. The average Bonchev–Trinajstić information content (AvgIpc) is 2.46. The molecule has 2 rings (SSSR count). The third kappa shape index (κ3) is 2.83. The van der Waals surface area contributed by atoms with E-state index in [9.17, 15) is 4.79 Å². The van der Waals surface area contributed by atoms with Crippen molar-refractivity contribution in [1.29, 1.82) is 0 Å². The summed E-state index contributed by atoms with van der Waals surface area (Å²) in [5, 5.41) is 0. The maximum atomic E-state index is 12.4. The van der Waals surface area contributed by atoms with E-state index < -0.39 is 0 Å². The first kappa shape index (κ1) is 13.7. The smallest absolute Gasteiger partial charge is 0.247 e. The quantitative estimate of drug-likeness (QED) is 0.611. The number of benzene rings is 1. The molecule has 19 heavy (non-hydrogen) atoms. The first-order valence-electron chi connectivity index (χ1n) is 5.41. The lowest BCUT2D eigenvalue weighted by molar-refractivity contribution is 0.102. The van der Waals surface area contributed by atoms with E-state index in [2.05, 4.69) is 32.6 Å². The van der Waals surface area contributed by atoms with Gasteiger partial charge in [-0.25, -0.2) is 4.98 Å². The summed E-state index contributed by atoms with van der Waals surface area (Å²) in [5.41, 5.74) is 0.744. The predicted octanol–water partition coefficient (Wildman–Crippen LogP) is 2.33. The lowest BCUT2D eigenvalue weighted by Crippen LogP contribution is -2.10. The standard InChI is InChI=1S/C13H11IN2O3/c1-18-10-7-15-11(13(16-10)19-2)12(17)8-5-3-4-6-9(8)14/h3-7H,1-2H3. The van der Waals surface area contributed by atoms with Crippen LogP contribution in [0.15, 0.2) is 30.5 Å². The number of hydrogen-bond acceptors (Lipinski definition) is 5. The second-order valence-corrected chi connectivity index (χ2v) is 4.74. The molecule has 0 aliphatic heterocycles. The van der Waals surface area contributed by atoms with Crippen molar-refractivity contribution in [2.45, 2.75) is 0 Å². The summed E-state index contributed by atoms with van der Waals surface area (Å²) in [4.78, 5) is 20.5. The third-order valence-corrected chi connectivity index (χ3v) is 3.40. The molecule has 6 heteroatoms. The first-order chi connectivity index (χ1) is 9.17. The van der Waals surface area contributed by atoms with Crippen LogP contribution in [0.5, 0.6) is 11.8 Å². The lowest BCUT2D eigenvalue weighted by Gasteiger charge is -2.08. The van der Waals surface area contributed by atoms with Crippen molar-refractivity contribution in [3.8, 4) is 11.8 Å². The van der Waals surface area contributed by atoms with Gasteiger partial charge in [0, 0.05) is 9.13 Å². The van der Waals surface area contributed by atoms with Gasteiger partial charge >= 0.3 is 0 Å². The summed E-state index contributed by atoms with van der Waals surface area (Å²) >= 11 is 2.11. The Labute approximate surface area is 124 Å². The van der Waals surface area contributed by atoms with Gasteiger partial charge in [0.05, 0.1) is 20.4 Å². The van der Waals surface area contributed by atoms with Crippen molar-refractivity contribution >= 4 is 28.4 Å². The molecule has 0 aliphatic carbocycles. The average molecular weight is 370 g/mol. The van der Waals surface area contributed by atoms with E-state index >= 15 is 0 Å². The van der Waals surface area contributed by atoms with Crippen LogP contribution in [0.1, 0.15) is 16.1 Å². The molecule has 0 aliphatic rings. The molecule has 0 saturated carbocycles. The number of carbonyl (C=O) groups is 1. The van der Waals surface area contributed by atoms with Gasteiger partial charge in [-0.1, -0.05) is 12.1 Å². The highest BCUT2D eigenvalue weighted by molar-refractivity contribution is 14.1. The monoisotopic (exact) mass is 370 g/mol. The molecule has 0 unspecified atom stereocenters. The molecule has 5 nitrogen and oxygen atoms in total. The number of nitrogens with zero attached hydrogens (tertiary/aromatic N) is 2. The van der Waals surface area contributed by atoms with Crippen LogP contribution >= 0.6 is 22.6 Å². The fraction of sp³-hybridized carbons (Fsp3) is 0.154. The Morgan fingerprint density at radius 2 is 1.95 bits per heavy atom. The molecular weight excluding hydrogens is 359 g/mol. The highest BCUT2D eigenvalue weighted by Crippen LogP contribution is 2.22. The molecule has 0 atom stereocenters. The maximum Gasteiger partial charge on any atom is 0.247 e. The number of hydrogen-bond donors (Lipinski definition) is 0. The molecule has 0 saturated heterocycles. The molecular formula is C13H11IN2O3. The number of ketones is 1. The van der Waals surface area contributed by atoms with Gasteiger partial charge < -0.3 is 9.47 Å². The number of ether oxygens (including phenoxy) is 2. The zero-order chi connectivity index (χ0) is 13.8. The van der Waals surface area contributed by atoms with Crippen LogP contribution in [0.2, 0.25) is 0 Å². The van der Waals surface area contributed by atoms with E-state index in [0.717, 1.165) is 3.57 Å². The van der Waals surface area contributed by atoms with E-state index in [1.165, 1.54) is 20.4 Å². The third-order valence-electron chi connectivity index (χ3n) is 2.45. The van der Waals surface area contributed by atoms with E-state index in [1.807, 2.05) is 12.1 Å². The van der Waals surface area contributed by atoms with Gasteiger partial charge in [-0.15, -0.1) is 0 Å². The summed E-state index contributed by atoms with van der Waals surface area (Å²) in [6.07, 6.45) is 1.39. The minimum atomic E-state index is -0.225. The topological polar surface area (TPSA) is 61.3 Å². The molecule has 0 spiro atoms. The molecule has 2 aromatic rings. The summed E-state index contributed by atoms with van der Waals surface area (Å²) < 4.78 is 10.9. The van der Waals surface area contributed by atoms with Gasteiger partial charge in [-0.05, 0) is 34.7 Å². The van der Waals surface area contributed by atoms with Gasteiger partial charge in [-0.2, -0.15) is 4.98 Å². The van der Waals surface area contributed by atoms with Crippen molar-refractivity contribution in [2.24, 2.45) is 0 Å². The Hall–Kier alpha value is -1.70. The first-order valence-corrected chi connectivity index (χ1v) is 6.49. The highest BCUT2D eigenvalue weighted by Gasteiger charge is 2.20. The lowest BCUT2D eigenvalue weighted by atomic mass is 10.1. The minimum Gasteiger partial charge on any atom is -0.480 e. The fourth-order valence-corrected chi connectivity index (χ4v) is 2.16. The van der Waals surface area contributed by atoms with Crippen molar-refractivity contribution in [1.82, 2.24) is 9.97 Å². The molecule has 1 aromatic heterocycles. The van der Waals surface area contributed by atoms with E-state index in [4.69, 9.17) is 9.47 Å². The highest BCUT2D eigenvalue weighted by atomic mass is 127. The van der Waals surface area contributed by atoms with Crippen LogP contribution in [-0.2, 0) is 0 Å². The zero-order valence-electron chi connectivity index (χ0n) is 10.4. The molecule has 0 amide bonds. The van der Waals surface area contributed by atoms with Crippen LogP contribution in [0.4, 0.5) is 0 Å². The number of methoxy groups -OCH3 is 2. The summed E-state index contributed by atoms with van der Waals surface area (Å²) in [6, 6.07) is 7.28. The van der Waals surface area contributed by atoms with Gasteiger partial charge in [0.1, 0.15) is 0 Å². The van der Waals surface area contributed by atoms with E-state index in [1.54, 1.807) is 12.1 Å². The van der Waals surface area contributed by atoms with Crippen molar-refractivity contribution in [3.63, 3.8) is 0 Å². The Bertz CT molecular complexity index is 617. The molecule has 0 bridgehead atoms. The zero-order valence-corrected chi connectivity index (χ0v) is 12.5. The van der Waals surface area contributed by atoms with Crippen molar-refractivity contribution in [2.75, 3.05) is 14.2 Å². The second kappa shape index (κ2) is 5.96. The SMILES string of the molecule is COc1cnc(C(=O)c2ccccc2I)c(OC)n1. The van der Waals surface area contributed by atoms with Gasteiger partial charge in [0.15, 0.2) is 5.69 Å². The van der Waals surface area contributed by atoms with Gasteiger partial charge in [-0.3, -0.25) is 4.79 Å². The molecule has 0 N–H and O–H groups in total. The van der Waals surface area contributed by atoms with Crippen molar-refractivity contribution < 1.29 is 14.3 Å². The Balaban J connectivity index is 2.47. The number of rotatable bonds is 4. The van der Waals surface area contributed by atoms with Crippen LogP contribution < -0.4 is 9.47 Å². The number of aromatic nitrogens is 2. The van der Waals surface area contributed by atoms with E-state index in [0.29, 0.717) is 11.4 Å². The molecule has 98 valence electrons. The second-order valence-electron chi connectivity index (χ2n) is 3.58. The van der Waals surface area contributed by atoms with Gasteiger partial charge in [0.25, 0.3) is 0 Å². The molecule has 1 heterocycles. The van der Waals surface area contributed by atoms with Crippen molar-refractivity contribution in [3.05, 3.63) is 45.3 Å². The Kier molecular flexibility index (Phi) is 4.31. The van der Waals surface area contributed by atoms with Gasteiger partial charge in [0.2, 0.25) is 17.5 Å². The fourth-order valence-electron chi connectivity index (χ4n) is 1.53. The minimum absolute atomic E-state index is 0.156. The largest absolute Gasteiger partial charge is 0.480 e. The summed E-state index contributed by atoms with van der Waals surface area (Å²) in [7, 11) is 2.92. The molecule has 0 radical (unpaired) electrons. The number of halogens is 1. The Morgan fingerprint density at radius 1 is 1.21 bits per heavy atom. The normalized spacial score (nSPS) is 10.1. The summed E-state index contributed by atoms with van der Waals surface area (Å²) in [5.74, 6) is 0.233. The van der Waals surface area contributed by atoms with Crippen LogP contribution in [-0.4, -0.2) is 30.0 Å². The van der Waals surface area contributed by atoms with Crippen LogP contribution in [0.3, 0.4) is 0 Å². The number of carbonyl (C=O) groups excluding carboxylic acids is 1. The predicted molar refractivity (Wildman–Crippen MR) is 77.7 cm³/mol. The van der Waals surface area contributed by atoms with Crippen LogP contribution in [0.25, 0.3) is 0 Å². The summed E-state index contributed by atoms with van der Waals surface area (Å²) in [6.45, 7) is 0. The molecule has 1 aromatic carbocycles. The van der Waals surface area contributed by atoms with Crippen LogP contribution in [0, 0.1) is 3.57 Å². The molecule has 0 fully saturated rings. The van der Waals surface area contributed by atoms with E-state index in [-0.39, 0.29) is 17.4 Å².